The highest BCUT2D eigenvalue weighted by atomic mass is 16.6. The first-order chi connectivity index (χ1) is 11.1. The minimum Gasteiger partial charge on any atom is -0.376 e. The highest BCUT2D eigenvalue weighted by Gasteiger charge is 2.33. The number of benzene rings is 3. The van der Waals surface area contributed by atoms with Crippen LogP contribution in [0.4, 0.5) is 5.69 Å². The second-order valence-electron chi connectivity index (χ2n) is 5.25. The number of non-ortho nitro benzene ring substituents is 1. The van der Waals surface area contributed by atoms with Crippen molar-refractivity contribution in [2.24, 2.45) is 0 Å². The Morgan fingerprint density at radius 3 is 1.48 bits per heavy atom. The van der Waals surface area contributed by atoms with Crippen molar-refractivity contribution >= 4 is 5.69 Å². The fourth-order valence-corrected chi connectivity index (χ4v) is 2.68. The van der Waals surface area contributed by atoms with Crippen molar-refractivity contribution in [2.75, 3.05) is 0 Å². The van der Waals surface area contributed by atoms with Crippen molar-refractivity contribution in [3.63, 3.8) is 0 Å². The molecule has 0 unspecified atom stereocenters. The van der Waals surface area contributed by atoms with Gasteiger partial charge in [0, 0.05) is 12.1 Å². The summed E-state index contributed by atoms with van der Waals surface area (Å²) in [6, 6.07) is 24.6. The molecule has 0 fully saturated rings. The fraction of sp³-hybridized carbons (Fsp3) is 0.0526. The number of rotatable bonds is 4. The third-order valence-electron chi connectivity index (χ3n) is 3.88. The second kappa shape index (κ2) is 6.02. The number of hydrogen-bond acceptors (Lipinski definition) is 3. The molecular weight excluding hydrogens is 290 g/mol. The molecule has 0 atom stereocenters. The lowest BCUT2D eigenvalue weighted by Crippen LogP contribution is -2.28. The zero-order valence-corrected chi connectivity index (χ0v) is 12.3. The molecule has 0 bridgehead atoms. The molecule has 0 saturated heterocycles. The minimum absolute atomic E-state index is 0.00257. The molecule has 0 aromatic heterocycles. The maximum atomic E-state index is 11.5. The summed E-state index contributed by atoms with van der Waals surface area (Å²) >= 11 is 0. The molecule has 3 aromatic carbocycles. The summed E-state index contributed by atoms with van der Waals surface area (Å²) in [6.07, 6.45) is 0. The van der Waals surface area contributed by atoms with Crippen LogP contribution in [0.1, 0.15) is 16.7 Å². The molecule has 0 spiro atoms. The van der Waals surface area contributed by atoms with Crippen LogP contribution in [0.3, 0.4) is 0 Å². The molecule has 114 valence electrons. The van der Waals surface area contributed by atoms with Crippen molar-refractivity contribution in [3.05, 3.63) is 112 Å². The van der Waals surface area contributed by atoms with Gasteiger partial charge in [-0.15, -0.1) is 0 Å². The van der Waals surface area contributed by atoms with Gasteiger partial charge >= 0.3 is 0 Å². The highest BCUT2D eigenvalue weighted by Crippen LogP contribution is 2.36. The maximum Gasteiger partial charge on any atom is 0.269 e. The van der Waals surface area contributed by atoms with Gasteiger partial charge in [-0.2, -0.15) is 0 Å². The molecule has 4 heteroatoms. The van der Waals surface area contributed by atoms with Crippen LogP contribution in [0.5, 0.6) is 0 Å². The second-order valence-corrected chi connectivity index (χ2v) is 5.25. The molecule has 0 aliphatic carbocycles. The number of aliphatic hydroxyl groups is 1. The van der Waals surface area contributed by atoms with E-state index in [0.717, 1.165) is 0 Å². The van der Waals surface area contributed by atoms with E-state index >= 15 is 0 Å². The average molecular weight is 305 g/mol. The topological polar surface area (TPSA) is 63.4 Å². The highest BCUT2D eigenvalue weighted by molar-refractivity contribution is 5.48. The lowest BCUT2D eigenvalue weighted by Gasteiger charge is -2.30. The Balaban J connectivity index is 2.18. The maximum absolute atomic E-state index is 11.5. The summed E-state index contributed by atoms with van der Waals surface area (Å²) < 4.78 is 0. The predicted octanol–water partition coefficient (Wildman–Crippen LogP) is 3.88. The van der Waals surface area contributed by atoms with Crippen molar-refractivity contribution in [2.45, 2.75) is 5.60 Å². The van der Waals surface area contributed by atoms with Crippen LogP contribution in [-0.4, -0.2) is 10.0 Å². The summed E-state index contributed by atoms with van der Waals surface area (Å²) in [6.45, 7) is 0. The van der Waals surface area contributed by atoms with Crippen molar-refractivity contribution in [1.29, 1.82) is 0 Å². The van der Waals surface area contributed by atoms with Gasteiger partial charge in [-0.25, -0.2) is 0 Å². The number of nitrogens with zero attached hydrogens (tertiary/aromatic N) is 1. The van der Waals surface area contributed by atoms with Crippen LogP contribution < -0.4 is 0 Å². The monoisotopic (exact) mass is 305 g/mol. The lowest BCUT2D eigenvalue weighted by atomic mass is 9.80. The molecule has 0 amide bonds. The predicted molar refractivity (Wildman–Crippen MR) is 88.1 cm³/mol. The first kappa shape index (κ1) is 14.9. The van der Waals surface area contributed by atoms with Crippen LogP contribution in [0, 0.1) is 10.1 Å². The number of nitro benzene ring substituents is 1. The van der Waals surface area contributed by atoms with Crippen LogP contribution in [0.2, 0.25) is 0 Å². The normalized spacial score (nSPS) is 11.2. The molecule has 3 aromatic rings. The number of nitro groups is 1. The third kappa shape index (κ3) is 2.72. The summed E-state index contributed by atoms with van der Waals surface area (Å²) in [7, 11) is 0. The van der Waals surface area contributed by atoms with Gasteiger partial charge < -0.3 is 5.11 Å². The zero-order chi connectivity index (χ0) is 16.3. The van der Waals surface area contributed by atoms with E-state index in [1.54, 1.807) is 12.1 Å². The van der Waals surface area contributed by atoms with Gasteiger partial charge in [0.15, 0.2) is 0 Å². The molecule has 0 radical (unpaired) electrons. The van der Waals surface area contributed by atoms with Gasteiger partial charge in [-0.1, -0.05) is 60.7 Å². The van der Waals surface area contributed by atoms with Gasteiger partial charge in [0.25, 0.3) is 5.69 Å². The van der Waals surface area contributed by atoms with Gasteiger partial charge in [-0.3, -0.25) is 10.1 Å². The van der Waals surface area contributed by atoms with E-state index in [9.17, 15) is 15.2 Å². The Morgan fingerprint density at radius 2 is 1.09 bits per heavy atom. The third-order valence-corrected chi connectivity index (χ3v) is 3.88. The SMILES string of the molecule is O=[N+]([O-])c1ccc(C(O)(c2ccccc2)c2ccccc2)cc1. The van der Waals surface area contributed by atoms with Crippen LogP contribution >= 0.6 is 0 Å². The van der Waals surface area contributed by atoms with Crippen LogP contribution in [0.25, 0.3) is 0 Å². The molecule has 23 heavy (non-hydrogen) atoms. The molecule has 0 aliphatic rings. The molecule has 1 N–H and O–H groups in total. The van der Waals surface area contributed by atoms with Crippen LogP contribution in [0.15, 0.2) is 84.9 Å². The Labute approximate surface area is 133 Å². The van der Waals surface area contributed by atoms with E-state index < -0.39 is 10.5 Å². The summed E-state index contributed by atoms with van der Waals surface area (Å²) in [5.41, 5.74) is 0.635. The smallest absolute Gasteiger partial charge is 0.269 e. The Bertz CT molecular complexity index is 760. The van der Waals surface area contributed by atoms with Crippen LogP contribution in [-0.2, 0) is 5.60 Å². The molecule has 0 heterocycles. The van der Waals surface area contributed by atoms with Gasteiger partial charge in [-0.05, 0) is 28.8 Å². The average Bonchev–Trinajstić information content (AvgIpc) is 2.62. The van der Waals surface area contributed by atoms with Gasteiger partial charge in [0.2, 0.25) is 0 Å². The van der Waals surface area contributed by atoms with E-state index in [0.29, 0.717) is 16.7 Å². The van der Waals surface area contributed by atoms with E-state index in [4.69, 9.17) is 0 Å². The van der Waals surface area contributed by atoms with E-state index in [2.05, 4.69) is 0 Å². The zero-order valence-electron chi connectivity index (χ0n) is 12.3. The Hall–Kier alpha value is -2.98. The minimum atomic E-state index is -1.36. The summed E-state index contributed by atoms with van der Waals surface area (Å²) in [5, 5.41) is 22.3. The molecule has 3 rings (SSSR count). The Morgan fingerprint density at radius 1 is 0.696 bits per heavy atom. The largest absolute Gasteiger partial charge is 0.376 e. The summed E-state index contributed by atoms with van der Waals surface area (Å²) in [4.78, 5) is 10.4. The van der Waals surface area contributed by atoms with Crippen molar-refractivity contribution in [3.8, 4) is 0 Å². The summed E-state index contributed by atoms with van der Waals surface area (Å²) in [5.74, 6) is 0. The first-order valence-electron chi connectivity index (χ1n) is 7.21. The van der Waals surface area contributed by atoms with Gasteiger partial charge in [0.05, 0.1) is 4.92 Å². The van der Waals surface area contributed by atoms with Crippen molar-refractivity contribution < 1.29 is 10.0 Å². The van der Waals surface area contributed by atoms with Gasteiger partial charge in [0.1, 0.15) is 5.60 Å². The molecule has 0 saturated carbocycles. The fourth-order valence-electron chi connectivity index (χ4n) is 2.68. The Kier molecular flexibility index (Phi) is 3.91. The first-order valence-corrected chi connectivity index (χ1v) is 7.21. The van der Waals surface area contributed by atoms with E-state index in [1.807, 2.05) is 60.7 Å². The molecular formula is C19H15NO3. The quantitative estimate of drug-likeness (QED) is 0.452. The van der Waals surface area contributed by atoms with Crippen molar-refractivity contribution in [1.82, 2.24) is 0 Å². The molecule has 0 aliphatic heterocycles. The van der Waals surface area contributed by atoms with E-state index in [1.165, 1.54) is 12.1 Å². The number of hydrogen-bond donors (Lipinski definition) is 1. The standard InChI is InChI=1S/C19H15NO3/c21-19(15-7-3-1-4-8-15,16-9-5-2-6-10-16)17-11-13-18(14-12-17)20(22)23/h1-14,21H. The van der Waals surface area contributed by atoms with E-state index in [-0.39, 0.29) is 5.69 Å². The lowest BCUT2D eigenvalue weighted by molar-refractivity contribution is -0.384. The molecule has 4 nitrogen and oxygen atoms in total.